The predicted octanol–water partition coefficient (Wildman–Crippen LogP) is 2.79. The van der Waals surface area contributed by atoms with Gasteiger partial charge in [0, 0.05) is 17.7 Å². The molecule has 1 aromatic heterocycles. The number of hydrogen-bond acceptors (Lipinski definition) is 2. The lowest BCUT2D eigenvalue weighted by Crippen LogP contribution is -2.00. The van der Waals surface area contributed by atoms with Gasteiger partial charge in [-0.05, 0) is 25.0 Å². The van der Waals surface area contributed by atoms with Crippen LogP contribution in [0.25, 0.3) is 11.3 Å². The zero-order valence-electron chi connectivity index (χ0n) is 8.70. The molecule has 0 unspecified atom stereocenters. The van der Waals surface area contributed by atoms with Crippen molar-refractivity contribution >= 4 is 5.82 Å². The number of hydrogen-bond donors (Lipinski definition) is 2. The van der Waals surface area contributed by atoms with Gasteiger partial charge in [-0.2, -0.15) is 5.10 Å². The molecule has 4 heteroatoms. The normalized spacial score (nSPS) is 15.1. The number of halogens is 1. The van der Waals surface area contributed by atoms with Crippen LogP contribution in [0.5, 0.6) is 0 Å². The van der Waals surface area contributed by atoms with Gasteiger partial charge in [0.1, 0.15) is 11.6 Å². The van der Waals surface area contributed by atoms with Crippen molar-refractivity contribution in [1.29, 1.82) is 0 Å². The summed E-state index contributed by atoms with van der Waals surface area (Å²) in [4.78, 5) is 0. The Bertz CT molecular complexity index is 502. The van der Waals surface area contributed by atoms with E-state index in [1.165, 1.54) is 18.9 Å². The zero-order chi connectivity index (χ0) is 11.0. The van der Waals surface area contributed by atoms with Crippen LogP contribution in [0.15, 0.2) is 30.3 Å². The summed E-state index contributed by atoms with van der Waals surface area (Å²) in [5.41, 5.74) is 1.26. The second-order valence-corrected chi connectivity index (χ2v) is 4.07. The largest absolute Gasteiger partial charge is 0.366 e. The van der Waals surface area contributed by atoms with Crippen LogP contribution in [0, 0.1) is 5.82 Å². The van der Waals surface area contributed by atoms with Crippen LogP contribution in [-0.2, 0) is 0 Å². The van der Waals surface area contributed by atoms with Gasteiger partial charge < -0.3 is 5.32 Å². The second-order valence-electron chi connectivity index (χ2n) is 4.07. The van der Waals surface area contributed by atoms with Crippen LogP contribution < -0.4 is 5.32 Å². The molecule has 1 saturated carbocycles. The minimum absolute atomic E-state index is 0.232. The third kappa shape index (κ3) is 1.78. The van der Waals surface area contributed by atoms with Crippen LogP contribution in [0.2, 0.25) is 0 Å². The van der Waals surface area contributed by atoms with Crippen molar-refractivity contribution < 1.29 is 4.39 Å². The van der Waals surface area contributed by atoms with Crippen molar-refractivity contribution in [2.24, 2.45) is 0 Å². The average Bonchev–Trinajstić information content (AvgIpc) is 2.97. The molecule has 2 aromatic rings. The molecule has 0 aliphatic heterocycles. The maximum atomic E-state index is 13.5. The molecule has 0 atom stereocenters. The molecule has 0 bridgehead atoms. The van der Waals surface area contributed by atoms with E-state index < -0.39 is 0 Å². The minimum Gasteiger partial charge on any atom is -0.366 e. The summed E-state index contributed by atoms with van der Waals surface area (Å²) in [5, 5.41) is 10.2. The van der Waals surface area contributed by atoms with Crippen molar-refractivity contribution in [2.45, 2.75) is 18.9 Å². The van der Waals surface area contributed by atoms with Crippen LogP contribution >= 0.6 is 0 Å². The SMILES string of the molecule is Fc1ccccc1-c1cc(NC2CC2)n[nH]1. The fourth-order valence-electron chi connectivity index (χ4n) is 1.65. The molecular formula is C12H12FN3. The van der Waals surface area contributed by atoms with E-state index in [1.54, 1.807) is 12.1 Å². The molecular weight excluding hydrogens is 205 g/mol. The Balaban J connectivity index is 1.88. The van der Waals surface area contributed by atoms with E-state index in [-0.39, 0.29) is 5.82 Å². The summed E-state index contributed by atoms with van der Waals surface area (Å²) >= 11 is 0. The van der Waals surface area contributed by atoms with Crippen LogP contribution in [0.4, 0.5) is 10.2 Å². The number of benzene rings is 1. The van der Waals surface area contributed by atoms with E-state index >= 15 is 0 Å². The first-order chi connectivity index (χ1) is 7.83. The molecule has 0 radical (unpaired) electrons. The Kier molecular flexibility index (Phi) is 2.13. The third-order valence-corrected chi connectivity index (χ3v) is 2.67. The molecule has 0 amide bonds. The highest BCUT2D eigenvalue weighted by Crippen LogP contribution is 2.27. The zero-order valence-corrected chi connectivity index (χ0v) is 8.70. The molecule has 1 aromatic carbocycles. The first-order valence-electron chi connectivity index (χ1n) is 5.40. The number of rotatable bonds is 3. The standard InChI is InChI=1S/C12H12FN3/c13-10-4-2-1-3-9(10)11-7-12(16-15-11)14-8-5-6-8/h1-4,7-8H,5-6H2,(H2,14,15,16). The van der Waals surface area contributed by atoms with Gasteiger partial charge in [-0.15, -0.1) is 0 Å². The fraction of sp³-hybridized carbons (Fsp3) is 0.250. The molecule has 1 fully saturated rings. The first kappa shape index (κ1) is 9.39. The Hall–Kier alpha value is -1.84. The molecule has 3 rings (SSSR count). The summed E-state index contributed by atoms with van der Waals surface area (Å²) < 4.78 is 13.5. The summed E-state index contributed by atoms with van der Waals surface area (Å²) in [7, 11) is 0. The maximum Gasteiger partial charge on any atom is 0.148 e. The average molecular weight is 217 g/mol. The number of aromatic amines is 1. The van der Waals surface area contributed by atoms with E-state index in [9.17, 15) is 4.39 Å². The molecule has 2 N–H and O–H groups in total. The summed E-state index contributed by atoms with van der Waals surface area (Å²) in [6.45, 7) is 0. The Morgan fingerprint density at radius 2 is 2.12 bits per heavy atom. The quantitative estimate of drug-likeness (QED) is 0.830. The van der Waals surface area contributed by atoms with E-state index in [0.29, 0.717) is 17.3 Å². The first-order valence-corrected chi connectivity index (χ1v) is 5.40. The molecule has 0 saturated heterocycles. The summed E-state index contributed by atoms with van der Waals surface area (Å²) in [5.74, 6) is 0.560. The van der Waals surface area contributed by atoms with Gasteiger partial charge >= 0.3 is 0 Å². The van der Waals surface area contributed by atoms with Gasteiger partial charge in [-0.25, -0.2) is 4.39 Å². The van der Waals surface area contributed by atoms with Crippen LogP contribution in [0.1, 0.15) is 12.8 Å². The van der Waals surface area contributed by atoms with Gasteiger partial charge in [-0.3, -0.25) is 5.10 Å². The number of anilines is 1. The van der Waals surface area contributed by atoms with Gasteiger partial charge in [0.05, 0.1) is 5.69 Å². The molecule has 16 heavy (non-hydrogen) atoms. The predicted molar refractivity (Wildman–Crippen MR) is 60.6 cm³/mol. The lowest BCUT2D eigenvalue weighted by molar-refractivity contribution is 0.630. The Morgan fingerprint density at radius 3 is 2.88 bits per heavy atom. The van der Waals surface area contributed by atoms with E-state index in [4.69, 9.17) is 0 Å². The smallest absolute Gasteiger partial charge is 0.148 e. The summed E-state index contributed by atoms with van der Waals surface area (Å²) in [6.07, 6.45) is 2.39. The highest BCUT2D eigenvalue weighted by molar-refractivity contribution is 5.63. The van der Waals surface area contributed by atoms with Gasteiger partial charge in [-0.1, -0.05) is 12.1 Å². The highest BCUT2D eigenvalue weighted by Gasteiger charge is 2.21. The monoisotopic (exact) mass is 217 g/mol. The number of H-pyrrole nitrogens is 1. The minimum atomic E-state index is -0.232. The lowest BCUT2D eigenvalue weighted by Gasteiger charge is -1.98. The number of nitrogens with one attached hydrogen (secondary N) is 2. The maximum absolute atomic E-state index is 13.5. The highest BCUT2D eigenvalue weighted by atomic mass is 19.1. The van der Waals surface area contributed by atoms with E-state index in [1.807, 2.05) is 12.1 Å². The van der Waals surface area contributed by atoms with Crippen LogP contribution in [0.3, 0.4) is 0 Å². The van der Waals surface area contributed by atoms with Crippen LogP contribution in [-0.4, -0.2) is 16.2 Å². The Morgan fingerprint density at radius 1 is 1.31 bits per heavy atom. The molecule has 1 heterocycles. The van der Waals surface area contributed by atoms with Crippen molar-refractivity contribution in [3.63, 3.8) is 0 Å². The van der Waals surface area contributed by atoms with E-state index in [2.05, 4.69) is 15.5 Å². The lowest BCUT2D eigenvalue weighted by atomic mass is 10.1. The van der Waals surface area contributed by atoms with Crippen molar-refractivity contribution in [3.8, 4) is 11.3 Å². The number of nitrogens with zero attached hydrogens (tertiary/aromatic N) is 1. The molecule has 0 spiro atoms. The van der Waals surface area contributed by atoms with E-state index in [0.717, 1.165) is 5.82 Å². The summed E-state index contributed by atoms with van der Waals surface area (Å²) in [6, 6.07) is 9.08. The molecule has 3 nitrogen and oxygen atoms in total. The third-order valence-electron chi connectivity index (χ3n) is 2.67. The Labute approximate surface area is 92.7 Å². The van der Waals surface area contributed by atoms with Gasteiger partial charge in [0.2, 0.25) is 0 Å². The van der Waals surface area contributed by atoms with Crippen molar-refractivity contribution in [2.75, 3.05) is 5.32 Å². The van der Waals surface area contributed by atoms with Crippen molar-refractivity contribution in [3.05, 3.63) is 36.1 Å². The van der Waals surface area contributed by atoms with Gasteiger partial charge in [0.25, 0.3) is 0 Å². The van der Waals surface area contributed by atoms with Gasteiger partial charge in [0.15, 0.2) is 0 Å². The van der Waals surface area contributed by atoms with Crippen molar-refractivity contribution in [1.82, 2.24) is 10.2 Å². The molecule has 1 aliphatic carbocycles. The number of aromatic nitrogens is 2. The molecule has 1 aliphatic rings. The molecule has 82 valence electrons. The fourth-order valence-corrected chi connectivity index (χ4v) is 1.65. The second kappa shape index (κ2) is 3.63. The topological polar surface area (TPSA) is 40.7 Å².